The molecule has 0 unspecified atom stereocenters. The number of rotatable bonds is 8. The summed E-state index contributed by atoms with van der Waals surface area (Å²) in [7, 11) is 4.80. The zero-order chi connectivity index (χ0) is 19.2. The second kappa shape index (κ2) is 8.55. The molecule has 7 nitrogen and oxygen atoms in total. The lowest BCUT2D eigenvalue weighted by molar-refractivity contribution is -0.121. The highest BCUT2D eigenvalue weighted by Crippen LogP contribution is 2.34. The maximum atomic E-state index is 12.2. The molecule has 3 aromatic rings. The van der Waals surface area contributed by atoms with Gasteiger partial charge < -0.3 is 24.1 Å². The molecule has 0 aliphatic rings. The highest BCUT2D eigenvalue weighted by Gasteiger charge is 2.14. The topological polar surface area (TPSA) is 74.6 Å². The van der Waals surface area contributed by atoms with Gasteiger partial charge >= 0.3 is 0 Å². The van der Waals surface area contributed by atoms with E-state index < -0.39 is 0 Å². The van der Waals surface area contributed by atoms with Crippen LogP contribution in [0.25, 0.3) is 22.2 Å². The third-order valence-electron chi connectivity index (χ3n) is 4.28. The quantitative estimate of drug-likeness (QED) is 0.618. The number of carbonyl (C=O) groups is 1. The van der Waals surface area contributed by atoms with E-state index in [-0.39, 0.29) is 12.5 Å². The molecule has 7 heteroatoms. The van der Waals surface area contributed by atoms with Crippen LogP contribution < -0.4 is 14.8 Å². The van der Waals surface area contributed by atoms with Gasteiger partial charge in [-0.15, -0.1) is 0 Å². The van der Waals surface area contributed by atoms with E-state index in [0.29, 0.717) is 24.7 Å². The number of benzene rings is 1. The normalized spacial score (nSPS) is 10.8. The summed E-state index contributed by atoms with van der Waals surface area (Å²) in [6.45, 7) is 1.17. The van der Waals surface area contributed by atoms with Gasteiger partial charge in [-0.3, -0.25) is 9.78 Å². The number of amides is 1. The molecule has 0 saturated heterocycles. The van der Waals surface area contributed by atoms with Crippen molar-refractivity contribution >= 4 is 16.8 Å². The van der Waals surface area contributed by atoms with Crippen molar-refractivity contribution in [2.24, 2.45) is 0 Å². The van der Waals surface area contributed by atoms with E-state index in [4.69, 9.17) is 14.2 Å². The molecule has 27 heavy (non-hydrogen) atoms. The Kier molecular flexibility index (Phi) is 5.93. The molecule has 1 N–H and O–H groups in total. The average molecular weight is 369 g/mol. The van der Waals surface area contributed by atoms with Crippen molar-refractivity contribution in [2.45, 2.75) is 6.54 Å². The van der Waals surface area contributed by atoms with Crippen molar-refractivity contribution < 1.29 is 19.0 Å². The van der Waals surface area contributed by atoms with Crippen molar-refractivity contribution in [3.63, 3.8) is 0 Å². The molecule has 1 amide bonds. The minimum absolute atomic E-state index is 0.0772. The van der Waals surface area contributed by atoms with E-state index in [1.165, 1.54) is 0 Å². The number of hydrogen-bond acceptors (Lipinski definition) is 5. The molecule has 142 valence electrons. The Morgan fingerprint density at radius 3 is 2.67 bits per heavy atom. The van der Waals surface area contributed by atoms with Crippen LogP contribution in [-0.2, 0) is 16.1 Å². The van der Waals surface area contributed by atoms with Crippen LogP contribution in [0.5, 0.6) is 11.5 Å². The molecule has 0 aliphatic heterocycles. The van der Waals surface area contributed by atoms with Gasteiger partial charge in [0.15, 0.2) is 11.5 Å². The van der Waals surface area contributed by atoms with Gasteiger partial charge in [0.05, 0.1) is 32.0 Å². The van der Waals surface area contributed by atoms with Gasteiger partial charge in [0.1, 0.15) is 6.54 Å². The summed E-state index contributed by atoms with van der Waals surface area (Å²) in [5.74, 6) is 1.21. The number of methoxy groups -OCH3 is 3. The van der Waals surface area contributed by atoms with Crippen LogP contribution in [0.3, 0.4) is 0 Å². The molecule has 2 aromatic heterocycles. The minimum atomic E-state index is -0.0772. The minimum Gasteiger partial charge on any atom is -0.493 e. The first-order valence-electron chi connectivity index (χ1n) is 8.59. The van der Waals surface area contributed by atoms with E-state index >= 15 is 0 Å². The number of nitrogens with one attached hydrogen (secondary N) is 1. The summed E-state index contributed by atoms with van der Waals surface area (Å²) in [5, 5.41) is 3.85. The molecule has 0 atom stereocenters. The second-order valence-corrected chi connectivity index (χ2v) is 5.95. The average Bonchev–Trinajstić information content (AvgIpc) is 3.10. The van der Waals surface area contributed by atoms with Crippen molar-refractivity contribution in [2.75, 3.05) is 34.5 Å². The van der Waals surface area contributed by atoms with Gasteiger partial charge in [0.2, 0.25) is 5.91 Å². The summed E-state index contributed by atoms with van der Waals surface area (Å²) in [4.78, 5) is 16.8. The number of nitrogens with zero attached hydrogens (tertiary/aromatic N) is 2. The highest BCUT2D eigenvalue weighted by atomic mass is 16.5. The standard InChI is InChI=1S/C20H23N3O4/c1-25-11-9-21-18(24)13-23-10-7-14-6-8-22-19(20(14)23)15-4-5-16(26-2)17(12-15)27-3/h4-8,10,12H,9,11,13H2,1-3H3,(H,21,24). The Morgan fingerprint density at radius 1 is 1.11 bits per heavy atom. The van der Waals surface area contributed by atoms with Crippen LogP contribution in [0, 0.1) is 0 Å². The van der Waals surface area contributed by atoms with Crippen LogP contribution in [0.1, 0.15) is 0 Å². The summed E-state index contributed by atoms with van der Waals surface area (Å²) < 4.78 is 17.6. The zero-order valence-corrected chi connectivity index (χ0v) is 15.7. The molecule has 1 aromatic carbocycles. The van der Waals surface area contributed by atoms with Gasteiger partial charge in [-0.05, 0) is 30.3 Å². The number of hydrogen-bond donors (Lipinski definition) is 1. The molecular formula is C20H23N3O4. The summed E-state index contributed by atoms with van der Waals surface area (Å²) in [5.41, 5.74) is 2.56. The smallest absolute Gasteiger partial charge is 0.240 e. The highest BCUT2D eigenvalue weighted by molar-refractivity contribution is 5.93. The molecule has 0 radical (unpaired) electrons. The molecule has 0 aliphatic carbocycles. The third-order valence-corrected chi connectivity index (χ3v) is 4.28. The fourth-order valence-electron chi connectivity index (χ4n) is 2.98. The number of fused-ring (bicyclic) bond motifs is 1. The second-order valence-electron chi connectivity index (χ2n) is 5.95. The van der Waals surface area contributed by atoms with E-state index in [9.17, 15) is 4.79 Å². The van der Waals surface area contributed by atoms with Crippen LogP contribution in [0.2, 0.25) is 0 Å². The SMILES string of the molecule is COCCNC(=O)Cn1ccc2ccnc(-c3ccc(OC)c(OC)c3)c21. The lowest BCUT2D eigenvalue weighted by Crippen LogP contribution is -2.30. The first-order chi connectivity index (χ1) is 13.2. The maximum absolute atomic E-state index is 12.2. The summed E-state index contributed by atoms with van der Waals surface area (Å²) >= 11 is 0. The van der Waals surface area contributed by atoms with Gasteiger partial charge in [0, 0.05) is 37.0 Å². The Balaban J connectivity index is 1.97. The molecule has 0 saturated carbocycles. The molecule has 3 rings (SSSR count). The van der Waals surface area contributed by atoms with Gasteiger partial charge in [-0.25, -0.2) is 0 Å². The van der Waals surface area contributed by atoms with Crippen LogP contribution in [-0.4, -0.2) is 49.9 Å². The Hall–Kier alpha value is -3.06. The van der Waals surface area contributed by atoms with E-state index in [2.05, 4.69) is 10.3 Å². The fourth-order valence-corrected chi connectivity index (χ4v) is 2.98. The first kappa shape index (κ1) is 18.7. The summed E-state index contributed by atoms with van der Waals surface area (Å²) in [6, 6.07) is 9.57. The Labute approximate surface area is 157 Å². The lowest BCUT2D eigenvalue weighted by atomic mass is 10.1. The number of ether oxygens (including phenoxy) is 3. The molecule has 0 fully saturated rings. The van der Waals surface area contributed by atoms with E-state index in [1.54, 1.807) is 27.5 Å². The van der Waals surface area contributed by atoms with E-state index in [1.807, 2.05) is 41.1 Å². The molecular weight excluding hydrogens is 346 g/mol. The lowest BCUT2D eigenvalue weighted by Gasteiger charge is -2.12. The first-order valence-corrected chi connectivity index (χ1v) is 8.59. The predicted molar refractivity (Wildman–Crippen MR) is 103 cm³/mol. The monoisotopic (exact) mass is 369 g/mol. The fraction of sp³-hybridized carbons (Fsp3) is 0.300. The van der Waals surface area contributed by atoms with Crippen molar-refractivity contribution in [3.05, 3.63) is 42.7 Å². The van der Waals surface area contributed by atoms with Gasteiger partial charge in [-0.1, -0.05) is 0 Å². The predicted octanol–water partition coefficient (Wildman–Crippen LogP) is 2.48. The maximum Gasteiger partial charge on any atom is 0.240 e. The molecule has 0 spiro atoms. The Morgan fingerprint density at radius 2 is 1.93 bits per heavy atom. The van der Waals surface area contributed by atoms with Crippen LogP contribution >= 0.6 is 0 Å². The van der Waals surface area contributed by atoms with Gasteiger partial charge in [-0.2, -0.15) is 0 Å². The van der Waals surface area contributed by atoms with Crippen LogP contribution in [0.15, 0.2) is 42.7 Å². The number of pyridine rings is 1. The Bertz CT molecular complexity index is 936. The third kappa shape index (κ3) is 4.03. The number of carbonyl (C=O) groups excluding carboxylic acids is 1. The molecule has 0 bridgehead atoms. The molecule has 2 heterocycles. The van der Waals surface area contributed by atoms with Gasteiger partial charge in [0.25, 0.3) is 0 Å². The summed E-state index contributed by atoms with van der Waals surface area (Å²) in [6.07, 6.45) is 3.66. The van der Waals surface area contributed by atoms with Crippen molar-refractivity contribution in [1.29, 1.82) is 0 Å². The number of aromatic nitrogens is 2. The zero-order valence-electron chi connectivity index (χ0n) is 15.7. The van der Waals surface area contributed by atoms with Crippen LogP contribution in [0.4, 0.5) is 0 Å². The van der Waals surface area contributed by atoms with Crippen molar-refractivity contribution in [3.8, 4) is 22.8 Å². The van der Waals surface area contributed by atoms with Crippen molar-refractivity contribution in [1.82, 2.24) is 14.9 Å². The largest absolute Gasteiger partial charge is 0.493 e. The van der Waals surface area contributed by atoms with E-state index in [0.717, 1.165) is 22.2 Å².